The number of carboxylic acids is 1. The molecule has 0 radical (unpaired) electrons. The molecule has 1 N–H and O–H groups in total. The predicted octanol–water partition coefficient (Wildman–Crippen LogP) is 1.14. The molecule has 2 amide bonds. The molecule has 0 aromatic carbocycles. The monoisotopic (exact) mass is 283 g/mol. The molecule has 0 spiro atoms. The third-order valence-electron chi connectivity index (χ3n) is 3.73. The largest absolute Gasteiger partial charge is 0.480 e. The molecule has 0 aromatic rings. The van der Waals surface area contributed by atoms with Gasteiger partial charge in [-0.15, -0.1) is 0 Å². The number of carbonyl (C=O) groups excluding carboxylic acids is 2. The minimum absolute atomic E-state index is 0.306. The molecule has 2 rings (SSSR count). The fourth-order valence-electron chi connectivity index (χ4n) is 2.73. The summed E-state index contributed by atoms with van der Waals surface area (Å²) >= 11 is 1.51. The lowest BCUT2D eigenvalue weighted by Crippen LogP contribution is -2.45. The Morgan fingerprint density at radius 1 is 1.37 bits per heavy atom. The van der Waals surface area contributed by atoms with Gasteiger partial charge < -0.3 is 5.11 Å². The van der Waals surface area contributed by atoms with Gasteiger partial charge >= 0.3 is 5.97 Å². The maximum absolute atomic E-state index is 12.3. The first-order valence-corrected chi connectivity index (χ1v) is 7.71. The van der Waals surface area contributed by atoms with E-state index in [2.05, 4.69) is 0 Å². The number of hydrogen-bond acceptors (Lipinski definition) is 4. The van der Waals surface area contributed by atoms with E-state index in [4.69, 9.17) is 0 Å². The van der Waals surface area contributed by atoms with Gasteiger partial charge in [-0.3, -0.25) is 14.5 Å². The number of likely N-dealkylation sites (tertiary alicyclic amines) is 1. The summed E-state index contributed by atoms with van der Waals surface area (Å²) in [6.07, 6.45) is 7.05. The number of rotatable bonds is 5. The molecule has 3 atom stereocenters. The third-order valence-corrected chi connectivity index (χ3v) is 4.38. The van der Waals surface area contributed by atoms with E-state index in [9.17, 15) is 19.5 Å². The van der Waals surface area contributed by atoms with E-state index in [1.807, 2.05) is 18.4 Å². The maximum atomic E-state index is 12.3. The van der Waals surface area contributed by atoms with Gasteiger partial charge in [-0.2, -0.15) is 11.8 Å². The number of aliphatic carboxylic acids is 1. The minimum atomic E-state index is -1.10. The summed E-state index contributed by atoms with van der Waals surface area (Å²) in [7, 11) is 0. The summed E-state index contributed by atoms with van der Waals surface area (Å²) in [4.78, 5) is 36.8. The predicted molar refractivity (Wildman–Crippen MR) is 71.6 cm³/mol. The molecule has 19 heavy (non-hydrogen) atoms. The zero-order valence-electron chi connectivity index (χ0n) is 10.7. The molecule has 1 fully saturated rings. The number of carboxylic acid groups (broad SMARTS) is 1. The average molecular weight is 283 g/mol. The van der Waals surface area contributed by atoms with Crippen LogP contribution in [0.3, 0.4) is 0 Å². The fourth-order valence-corrected chi connectivity index (χ4v) is 3.18. The first-order valence-electron chi connectivity index (χ1n) is 6.31. The minimum Gasteiger partial charge on any atom is -0.480 e. The highest BCUT2D eigenvalue weighted by atomic mass is 32.2. The van der Waals surface area contributed by atoms with E-state index in [1.54, 1.807) is 0 Å². The van der Waals surface area contributed by atoms with Gasteiger partial charge in [0.2, 0.25) is 11.8 Å². The van der Waals surface area contributed by atoms with Crippen molar-refractivity contribution >= 4 is 29.5 Å². The highest BCUT2D eigenvalue weighted by Crippen LogP contribution is 2.36. The van der Waals surface area contributed by atoms with Crippen LogP contribution in [0.4, 0.5) is 0 Å². The third kappa shape index (κ3) is 2.54. The first kappa shape index (κ1) is 14.1. The molecular formula is C13H17NO4S. The second-order valence-electron chi connectivity index (χ2n) is 4.84. The summed E-state index contributed by atoms with van der Waals surface area (Å²) in [6.45, 7) is 0. The summed E-state index contributed by atoms with van der Waals surface area (Å²) in [6, 6.07) is -1.02. The highest BCUT2D eigenvalue weighted by Gasteiger charge is 2.51. The number of nitrogens with zero attached hydrogens (tertiary/aromatic N) is 1. The summed E-state index contributed by atoms with van der Waals surface area (Å²) < 4.78 is 0. The normalized spacial score (nSPS) is 27.5. The standard InChI is InChI=1S/C13H17NO4S/c1-19-7-6-10(13(17)18)14-11(15)8-4-2-3-5-9(8)12(14)16/h2-3,8-10H,4-7H2,1H3,(H,17,18). The molecule has 5 nitrogen and oxygen atoms in total. The van der Waals surface area contributed by atoms with Crippen LogP contribution in [0.2, 0.25) is 0 Å². The van der Waals surface area contributed by atoms with E-state index < -0.39 is 12.0 Å². The number of amides is 2. The van der Waals surface area contributed by atoms with Crippen LogP contribution in [0.5, 0.6) is 0 Å². The molecule has 0 aromatic heterocycles. The fraction of sp³-hybridized carbons (Fsp3) is 0.615. The van der Waals surface area contributed by atoms with Gasteiger partial charge in [0.25, 0.3) is 0 Å². The van der Waals surface area contributed by atoms with Gasteiger partial charge in [0.05, 0.1) is 11.8 Å². The van der Waals surface area contributed by atoms with E-state index in [-0.39, 0.29) is 23.7 Å². The lowest BCUT2D eigenvalue weighted by Gasteiger charge is -2.22. The van der Waals surface area contributed by atoms with E-state index in [0.29, 0.717) is 25.0 Å². The Balaban J connectivity index is 2.21. The van der Waals surface area contributed by atoms with Crippen molar-refractivity contribution in [1.82, 2.24) is 4.90 Å². The molecule has 1 aliphatic heterocycles. The molecule has 3 unspecified atom stereocenters. The molecular weight excluding hydrogens is 266 g/mol. The molecule has 104 valence electrons. The lowest BCUT2D eigenvalue weighted by molar-refractivity contribution is -0.155. The van der Waals surface area contributed by atoms with Crippen LogP contribution in [-0.4, -0.2) is 45.8 Å². The number of hydrogen-bond donors (Lipinski definition) is 1. The number of carbonyl (C=O) groups is 3. The number of thioether (sulfide) groups is 1. The van der Waals surface area contributed by atoms with E-state index in [0.717, 1.165) is 4.90 Å². The van der Waals surface area contributed by atoms with Gasteiger partial charge in [-0.25, -0.2) is 4.79 Å². The number of imide groups is 1. The molecule has 0 saturated carbocycles. The van der Waals surface area contributed by atoms with Gasteiger partial charge in [-0.1, -0.05) is 12.2 Å². The van der Waals surface area contributed by atoms with Crippen LogP contribution < -0.4 is 0 Å². The molecule has 2 aliphatic rings. The smallest absolute Gasteiger partial charge is 0.326 e. The van der Waals surface area contributed by atoms with Crippen LogP contribution in [0.15, 0.2) is 12.2 Å². The zero-order chi connectivity index (χ0) is 14.0. The Kier molecular flexibility index (Phi) is 4.29. The van der Waals surface area contributed by atoms with Crippen LogP contribution >= 0.6 is 11.8 Å². The highest BCUT2D eigenvalue weighted by molar-refractivity contribution is 7.98. The van der Waals surface area contributed by atoms with Crippen molar-refractivity contribution in [3.63, 3.8) is 0 Å². The van der Waals surface area contributed by atoms with Gasteiger partial charge in [-0.05, 0) is 31.3 Å². The molecule has 6 heteroatoms. The van der Waals surface area contributed by atoms with Crippen LogP contribution in [-0.2, 0) is 14.4 Å². The Morgan fingerprint density at radius 2 is 1.89 bits per heavy atom. The second kappa shape index (κ2) is 5.77. The Labute approximate surface area is 116 Å². The Bertz CT molecular complexity index is 408. The van der Waals surface area contributed by atoms with Crippen molar-refractivity contribution in [3.05, 3.63) is 12.2 Å². The van der Waals surface area contributed by atoms with E-state index >= 15 is 0 Å². The lowest BCUT2D eigenvalue weighted by atomic mass is 9.85. The van der Waals surface area contributed by atoms with Crippen LogP contribution in [0.25, 0.3) is 0 Å². The molecule has 1 aliphatic carbocycles. The Morgan fingerprint density at radius 3 is 2.32 bits per heavy atom. The van der Waals surface area contributed by atoms with Crippen molar-refractivity contribution in [2.75, 3.05) is 12.0 Å². The second-order valence-corrected chi connectivity index (χ2v) is 5.82. The molecule has 1 saturated heterocycles. The number of allylic oxidation sites excluding steroid dienone is 2. The quantitative estimate of drug-likeness (QED) is 0.605. The Hall–Kier alpha value is -1.30. The summed E-state index contributed by atoms with van der Waals surface area (Å²) in [5, 5.41) is 9.26. The maximum Gasteiger partial charge on any atom is 0.326 e. The van der Waals surface area contributed by atoms with E-state index in [1.165, 1.54) is 11.8 Å². The first-order chi connectivity index (χ1) is 9.07. The van der Waals surface area contributed by atoms with Crippen LogP contribution in [0.1, 0.15) is 19.3 Å². The van der Waals surface area contributed by atoms with Crippen molar-refractivity contribution in [2.45, 2.75) is 25.3 Å². The van der Waals surface area contributed by atoms with Crippen molar-refractivity contribution in [1.29, 1.82) is 0 Å². The SMILES string of the molecule is CSCCC(C(=O)O)N1C(=O)C2CC=CCC2C1=O. The van der Waals surface area contributed by atoms with Crippen LogP contribution in [0, 0.1) is 11.8 Å². The van der Waals surface area contributed by atoms with Gasteiger partial charge in [0.1, 0.15) is 6.04 Å². The zero-order valence-corrected chi connectivity index (χ0v) is 11.6. The van der Waals surface area contributed by atoms with Gasteiger partial charge in [0, 0.05) is 0 Å². The number of fused-ring (bicyclic) bond motifs is 1. The molecule has 1 heterocycles. The van der Waals surface area contributed by atoms with Crippen molar-refractivity contribution in [2.24, 2.45) is 11.8 Å². The van der Waals surface area contributed by atoms with Crippen molar-refractivity contribution in [3.8, 4) is 0 Å². The van der Waals surface area contributed by atoms with Gasteiger partial charge in [0.15, 0.2) is 0 Å². The summed E-state index contributed by atoms with van der Waals surface area (Å²) in [5.74, 6) is -1.81. The average Bonchev–Trinajstić information content (AvgIpc) is 2.64. The van der Waals surface area contributed by atoms with Crippen molar-refractivity contribution < 1.29 is 19.5 Å². The summed E-state index contributed by atoms with van der Waals surface area (Å²) in [5.41, 5.74) is 0. The topological polar surface area (TPSA) is 74.7 Å². The molecule has 0 bridgehead atoms.